The van der Waals surface area contributed by atoms with Crippen molar-refractivity contribution in [2.75, 3.05) is 6.61 Å². The molecule has 0 unspecified atom stereocenters. The number of fused-ring (bicyclic) bond motifs is 1. The Morgan fingerprint density at radius 2 is 2.52 bits per heavy atom. The summed E-state index contributed by atoms with van der Waals surface area (Å²) in [4.78, 5) is 29.1. The number of ether oxygens (including phenoxy) is 1. The Bertz CT molecular complexity index is 703. The average Bonchev–Trinajstić information content (AvgIpc) is 3.12. The van der Waals surface area contributed by atoms with Crippen molar-refractivity contribution in [3.05, 3.63) is 28.1 Å². The molecule has 1 saturated heterocycles. The van der Waals surface area contributed by atoms with Gasteiger partial charge in [0.1, 0.15) is 11.4 Å². The van der Waals surface area contributed by atoms with Crippen LogP contribution in [0.4, 0.5) is 0 Å². The molecule has 1 fully saturated rings. The van der Waals surface area contributed by atoms with E-state index < -0.39 is 0 Å². The van der Waals surface area contributed by atoms with Gasteiger partial charge in [-0.2, -0.15) is 0 Å². The molecular formula is C14H17N3O3S. The molecule has 3 rings (SSSR count). The van der Waals surface area contributed by atoms with Gasteiger partial charge in [0.05, 0.1) is 23.9 Å². The number of carbonyl (C=O) groups is 1. The number of thiophene rings is 1. The molecule has 0 aliphatic carbocycles. The van der Waals surface area contributed by atoms with Gasteiger partial charge in [0, 0.05) is 6.61 Å². The summed E-state index contributed by atoms with van der Waals surface area (Å²) in [6.45, 7) is 2.66. The van der Waals surface area contributed by atoms with Gasteiger partial charge in [-0.1, -0.05) is 0 Å². The molecule has 0 aromatic carbocycles. The first-order valence-electron chi connectivity index (χ1n) is 6.99. The highest BCUT2D eigenvalue weighted by Crippen LogP contribution is 2.15. The molecule has 0 spiro atoms. The summed E-state index contributed by atoms with van der Waals surface area (Å²) in [7, 11) is 0. The second-order valence-electron chi connectivity index (χ2n) is 5.22. The smallest absolute Gasteiger partial charge is 0.262 e. The number of nitrogens with zero attached hydrogens (tertiary/aromatic N) is 2. The highest BCUT2D eigenvalue weighted by molar-refractivity contribution is 7.16. The Morgan fingerprint density at radius 1 is 1.67 bits per heavy atom. The largest absolute Gasteiger partial charge is 0.376 e. The van der Waals surface area contributed by atoms with Crippen molar-refractivity contribution >= 4 is 27.5 Å². The summed E-state index contributed by atoms with van der Waals surface area (Å²) in [5.74, 6) is -0.198. The molecule has 0 saturated carbocycles. The van der Waals surface area contributed by atoms with Crippen LogP contribution in [0.1, 0.15) is 19.8 Å². The Balaban J connectivity index is 1.68. The van der Waals surface area contributed by atoms with Crippen LogP contribution in [-0.4, -0.2) is 34.2 Å². The summed E-state index contributed by atoms with van der Waals surface area (Å²) in [6, 6.07) is 1.69. The van der Waals surface area contributed by atoms with Crippen molar-refractivity contribution in [1.29, 1.82) is 0 Å². The van der Waals surface area contributed by atoms with Crippen molar-refractivity contribution < 1.29 is 9.53 Å². The minimum atomic E-state index is -0.198. The molecule has 3 heterocycles. The van der Waals surface area contributed by atoms with Crippen LogP contribution in [0.3, 0.4) is 0 Å². The summed E-state index contributed by atoms with van der Waals surface area (Å²) in [5, 5.41) is 5.27. The summed E-state index contributed by atoms with van der Waals surface area (Å²) < 4.78 is 6.88. The van der Waals surface area contributed by atoms with Crippen molar-refractivity contribution in [1.82, 2.24) is 14.9 Å². The second kappa shape index (κ2) is 5.95. The maximum Gasteiger partial charge on any atom is 0.262 e. The zero-order chi connectivity index (χ0) is 14.8. The highest BCUT2D eigenvalue weighted by atomic mass is 32.1. The maximum absolute atomic E-state index is 12.2. The molecule has 2 aromatic rings. The van der Waals surface area contributed by atoms with Crippen molar-refractivity contribution in [2.24, 2.45) is 0 Å². The fraction of sp³-hybridized carbons (Fsp3) is 0.500. The number of aromatic nitrogens is 2. The van der Waals surface area contributed by atoms with Gasteiger partial charge in [-0.05, 0) is 31.2 Å². The van der Waals surface area contributed by atoms with Crippen LogP contribution >= 0.6 is 11.3 Å². The van der Waals surface area contributed by atoms with E-state index in [-0.39, 0.29) is 30.2 Å². The van der Waals surface area contributed by atoms with Gasteiger partial charge in [-0.15, -0.1) is 11.3 Å². The van der Waals surface area contributed by atoms with Gasteiger partial charge in [0.25, 0.3) is 5.56 Å². The molecule has 6 nitrogen and oxygen atoms in total. The van der Waals surface area contributed by atoms with Gasteiger partial charge in [-0.25, -0.2) is 4.98 Å². The number of hydrogen-bond acceptors (Lipinski definition) is 5. The minimum Gasteiger partial charge on any atom is -0.376 e. The quantitative estimate of drug-likeness (QED) is 0.919. The van der Waals surface area contributed by atoms with E-state index in [0.29, 0.717) is 10.2 Å². The highest BCUT2D eigenvalue weighted by Gasteiger charge is 2.23. The van der Waals surface area contributed by atoms with E-state index in [1.54, 1.807) is 6.07 Å². The molecule has 1 amide bonds. The monoisotopic (exact) mass is 307 g/mol. The van der Waals surface area contributed by atoms with Crippen LogP contribution in [-0.2, 0) is 16.1 Å². The average molecular weight is 307 g/mol. The van der Waals surface area contributed by atoms with Gasteiger partial charge in [0.2, 0.25) is 5.91 Å². The Morgan fingerprint density at radius 3 is 3.29 bits per heavy atom. The van der Waals surface area contributed by atoms with E-state index in [4.69, 9.17) is 4.74 Å². The minimum absolute atomic E-state index is 0.0192. The van der Waals surface area contributed by atoms with E-state index in [1.165, 1.54) is 22.2 Å². The first kappa shape index (κ1) is 14.2. The van der Waals surface area contributed by atoms with E-state index in [9.17, 15) is 9.59 Å². The molecule has 2 atom stereocenters. The lowest BCUT2D eigenvalue weighted by Crippen LogP contribution is -2.43. The number of rotatable bonds is 4. The number of nitrogens with one attached hydrogen (secondary N) is 1. The molecule has 2 aromatic heterocycles. The predicted molar refractivity (Wildman–Crippen MR) is 80.5 cm³/mol. The number of hydrogen-bond donors (Lipinski definition) is 1. The third-order valence-corrected chi connectivity index (χ3v) is 4.50. The lowest BCUT2D eigenvalue weighted by molar-refractivity contribution is -0.123. The fourth-order valence-electron chi connectivity index (χ4n) is 2.55. The molecule has 7 heteroatoms. The van der Waals surface area contributed by atoms with Crippen LogP contribution in [0.25, 0.3) is 10.2 Å². The normalized spacial score (nSPS) is 19.8. The summed E-state index contributed by atoms with van der Waals surface area (Å²) >= 11 is 1.42. The zero-order valence-corrected chi connectivity index (χ0v) is 12.6. The van der Waals surface area contributed by atoms with Gasteiger partial charge in [0.15, 0.2) is 0 Å². The molecule has 1 aliphatic rings. The third kappa shape index (κ3) is 2.98. The molecule has 0 radical (unpaired) electrons. The number of carbonyl (C=O) groups excluding carboxylic acids is 1. The molecule has 112 valence electrons. The van der Waals surface area contributed by atoms with E-state index in [1.807, 2.05) is 12.3 Å². The summed E-state index contributed by atoms with van der Waals surface area (Å²) in [5.41, 5.74) is -0.179. The van der Waals surface area contributed by atoms with Crippen LogP contribution < -0.4 is 10.9 Å². The van der Waals surface area contributed by atoms with Crippen molar-refractivity contribution in [3.63, 3.8) is 0 Å². The lowest BCUT2D eigenvalue weighted by Gasteiger charge is -2.20. The van der Waals surface area contributed by atoms with E-state index in [0.717, 1.165) is 19.4 Å². The van der Waals surface area contributed by atoms with Gasteiger partial charge in [-0.3, -0.25) is 14.2 Å². The van der Waals surface area contributed by atoms with Crippen molar-refractivity contribution in [3.8, 4) is 0 Å². The predicted octanol–water partition coefficient (Wildman–Crippen LogP) is 1.14. The second-order valence-corrected chi connectivity index (χ2v) is 6.12. The fourth-order valence-corrected chi connectivity index (χ4v) is 3.27. The van der Waals surface area contributed by atoms with Gasteiger partial charge >= 0.3 is 0 Å². The first-order valence-corrected chi connectivity index (χ1v) is 7.87. The molecule has 21 heavy (non-hydrogen) atoms. The molecule has 1 aliphatic heterocycles. The molecule has 1 N–H and O–H groups in total. The third-order valence-electron chi connectivity index (χ3n) is 3.68. The lowest BCUT2D eigenvalue weighted by atomic mass is 10.1. The first-order chi connectivity index (χ1) is 10.1. The van der Waals surface area contributed by atoms with Crippen LogP contribution in [0.5, 0.6) is 0 Å². The van der Waals surface area contributed by atoms with E-state index in [2.05, 4.69) is 10.3 Å². The van der Waals surface area contributed by atoms with Crippen molar-refractivity contribution in [2.45, 2.75) is 38.5 Å². The molecule has 0 bridgehead atoms. The van der Waals surface area contributed by atoms with Crippen LogP contribution in [0.15, 0.2) is 22.6 Å². The summed E-state index contributed by atoms with van der Waals surface area (Å²) in [6.07, 6.45) is 3.49. The zero-order valence-electron chi connectivity index (χ0n) is 11.7. The van der Waals surface area contributed by atoms with Gasteiger partial charge < -0.3 is 10.1 Å². The number of amides is 1. The topological polar surface area (TPSA) is 73.2 Å². The standard InChI is InChI=1S/C14H17N3O3S/c1-9(11-3-2-5-20-11)16-12(18)7-17-8-15-13-10(14(17)19)4-6-21-13/h4,6,8-9,11H,2-3,5,7H2,1H3,(H,16,18)/t9-,11-/m1/s1. The Labute approximate surface area is 125 Å². The Hall–Kier alpha value is -1.73. The Kier molecular flexibility index (Phi) is 4.03. The SMILES string of the molecule is C[C@@H](NC(=O)Cn1cnc2sccc2c1=O)[C@H]1CCCO1. The van der Waals surface area contributed by atoms with Crippen LogP contribution in [0, 0.1) is 0 Å². The maximum atomic E-state index is 12.2. The van der Waals surface area contributed by atoms with Crippen LogP contribution in [0.2, 0.25) is 0 Å². The molecular weight excluding hydrogens is 290 g/mol. The van der Waals surface area contributed by atoms with E-state index >= 15 is 0 Å².